The molecule has 1 aromatic rings. The summed E-state index contributed by atoms with van der Waals surface area (Å²) >= 11 is 0. The molecule has 1 saturated carbocycles. The zero-order valence-electron chi connectivity index (χ0n) is 14.3. The van der Waals surface area contributed by atoms with E-state index in [1.165, 1.54) is 6.42 Å². The third-order valence-corrected chi connectivity index (χ3v) is 5.27. The number of rotatable bonds is 3. The van der Waals surface area contributed by atoms with Gasteiger partial charge in [-0.3, -0.25) is 9.59 Å². The molecule has 2 aliphatic rings. The molecule has 1 N–H and O–H groups in total. The van der Waals surface area contributed by atoms with Crippen molar-refractivity contribution in [3.8, 4) is 0 Å². The van der Waals surface area contributed by atoms with Gasteiger partial charge in [0.15, 0.2) is 0 Å². The monoisotopic (exact) mass is 350 g/mol. The molecule has 1 aromatic carbocycles. The summed E-state index contributed by atoms with van der Waals surface area (Å²) < 4.78 is 26.9. The number of likely N-dealkylation sites (tertiary alicyclic amines) is 1. The summed E-state index contributed by atoms with van der Waals surface area (Å²) in [5.41, 5.74) is -0.277. The highest BCUT2D eigenvalue weighted by Crippen LogP contribution is 2.26. The van der Waals surface area contributed by atoms with Crippen molar-refractivity contribution in [2.45, 2.75) is 51.0 Å². The van der Waals surface area contributed by atoms with Crippen molar-refractivity contribution in [2.75, 3.05) is 13.1 Å². The number of halogens is 2. The summed E-state index contributed by atoms with van der Waals surface area (Å²) in [6.07, 6.45) is 6.71. The molecular formula is C19H24F2N2O2. The third-order valence-electron chi connectivity index (χ3n) is 5.27. The van der Waals surface area contributed by atoms with Crippen LogP contribution in [0.25, 0.3) is 0 Å². The summed E-state index contributed by atoms with van der Waals surface area (Å²) in [5, 5.41) is 2.76. The largest absolute Gasteiger partial charge is 0.349 e. The third kappa shape index (κ3) is 4.35. The predicted molar refractivity (Wildman–Crippen MR) is 90.0 cm³/mol. The van der Waals surface area contributed by atoms with Gasteiger partial charge < -0.3 is 10.2 Å². The Labute approximate surface area is 146 Å². The van der Waals surface area contributed by atoms with E-state index >= 15 is 0 Å². The Morgan fingerprint density at radius 2 is 1.68 bits per heavy atom. The van der Waals surface area contributed by atoms with Gasteiger partial charge in [-0.2, -0.15) is 0 Å². The summed E-state index contributed by atoms with van der Waals surface area (Å²) in [5.74, 6) is -1.58. The minimum absolute atomic E-state index is 0.120. The Balaban J connectivity index is 1.51. The standard InChI is InChI=1S/C19H24F2N2O2/c20-14-6-7-17(21)16(12-14)18(24)22-15-8-10-23(11-9-15)19(25)13-4-2-1-3-5-13/h6-7,12-13,15H,1-5,8-11H2,(H,22,24). The van der Waals surface area contributed by atoms with Crippen LogP contribution in [0.4, 0.5) is 8.78 Å². The minimum Gasteiger partial charge on any atom is -0.349 e. The molecule has 2 fully saturated rings. The van der Waals surface area contributed by atoms with Gasteiger partial charge in [-0.05, 0) is 43.9 Å². The van der Waals surface area contributed by atoms with E-state index in [0.29, 0.717) is 25.9 Å². The molecule has 4 nitrogen and oxygen atoms in total. The molecule has 1 saturated heterocycles. The Bertz CT molecular complexity index is 636. The van der Waals surface area contributed by atoms with Crippen LogP contribution in [0.15, 0.2) is 18.2 Å². The highest BCUT2D eigenvalue weighted by molar-refractivity contribution is 5.94. The Morgan fingerprint density at radius 1 is 1.00 bits per heavy atom. The first-order chi connectivity index (χ1) is 12.0. The van der Waals surface area contributed by atoms with Crippen molar-refractivity contribution in [1.29, 1.82) is 0 Å². The molecule has 136 valence electrons. The molecule has 1 aliphatic carbocycles. The lowest BCUT2D eigenvalue weighted by Crippen LogP contribution is -2.48. The van der Waals surface area contributed by atoms with E-state index in [2.05, 4.69) is 5.32 Å². The quantitative estimate of drug-likeness (QED) is 0.910. The van der Waals surface area contributed by atoms with Gasteiger partial charge in [0.05, 0.1) is 5.56 Å². The van der Waals surface area contributed by atoms with Gasteiger partial charge in [-0.25, -0.2) is 8.78 Å². The first-order valence-electron chi connectivity index (χ1n) is 9.09. The normalized spacial score (nSPS) is 19.7. The summed E-state index contributed by atoms with van der Waals surface area (Å²) in [6.45, 7) is 1.21. The number of carbonyl (C=O) groups is 2. The number of nitrogens with zero attached hydrogens (tertiary/aromatic N) is 1. The molecule has 0 radical (unpaired) electrons. The molecule has 1 aliphatic heterocycles. The van der Waals surface area contributed by atoms with Crippen LogP contribution in [0, 0.1) is 17.6 Å². The second-order valence-electron chi connectivity index (χ2n) is 7.03. The topological polar surface area (TPSA) is 49.4 Å². The molecule has 3 rings (SSSR count). The molecule has 2 amide bonds. The number of benzene rings is 1. The average Bonchev–Trinajstić information content (AvgIpc) is 2.64. The van der Waals surface area contributed by atoms with E-state index in [4.69, 9.17) is 0 Å². The van der Waals surface area contributed by atoms with Crippen molar-refractivity contribution in [2.24, 2.45) is 5.92 Å². The van der Waals surface area contributed by atoms with Gasteiger partial charge in [0.2, 0.25) is 5.91 Å². The van der Waals surface area contributed by atoms with Crippen LogP contribution in [-0.2, 0) is 4.79 Å². The van der Waals surface area contributed by atoms with Crippen LogP contribution in [0.5, 0.6) is 0 Å². The van der Waals surface area contributed by atoms with Crippen LogP contribution in [0.3, 0.4) is 0 Å². The number of amides is 2. The lowest BCUT2D eigenvalue weighted by molar-refractivity contribution is -0.137. The Morgan fingerprint density at radius 3 is 2.36 bits per heavy atom. The van der Waals surface area contributed by atoms with Gasteiger partial charge in [0.25, 0.3) is 5.91 Å². The van der Waals surface area contributed by atoms with Gasteiger partial charge >= 0.3 is 0 Å². The number of hydrogen-bond donors (Lipinski definition) is 1. The fraction of sp³-hybridized carbons (Fsp3) is 0.579. The molecule has 0 atom stereocenters. The van der Waals surface area contributed by atoms with Gasteiger partial charge in [-0.15, -0.1) is 0 Å². The number of piperidine rings is 1. The molecule has 25 heavy (non-hydrogen) atoms. The van der Waals surface area contributed by atoms with Crippen molar-refractivity contribution in [3.05, 3.63) is 35.4 Å². The highest BCUT2D eigenvalue weighted by Gasteiger charge is 2.29. The highest BCUT2D eigenvalue weighted by atomic mass is 19.1. The SMILES string of the molecule is O=C(NC1CCN(C(=O)C2CCCCC2)CC1)c1cc(F)ccc1F. The fourth-order valence-electron chi connectivity index (χ4n) is 3.79. The molecule has 0 aromatic heterocycles. The summed E-state index contributed by atoms with van der Waals surface area (Å²) in [4.78, 5) is 26.6. The zero-order valence-corrected chi connectivity index (χ0v) is 14.3. The van der Waals surface area contributed by atoms with E-state index in [1.807, 2.05) is 4.90 Å². The van der Waals surface area contributed by atoms with E-state index < -0.39 is 17.5 Å². The second-order valence-corrected chi connectivity index (χ2v) is 7.03. The van der Waals surface area contributed by atoms with Crippen LogP contribution in [-0.4, -0.2) is 35.8 Å². The van der Waals surface area contributed by atoms with Crippen molar-refractivity contribution in [1.82, 2.24) is 10.2 Å². The maximum atomic E-state index is 13.7. The summed E-state index contributed by atoms with van der Waals surface area (Å²) in [7, 11) is 0. The molecule has 0 spiro atoms. The number of carbonyl (C=O) groups excluding carboxylic acids is 2. The second kappa shape index (κ2) is 7.93. The lowest BCUT2D eigenvalue weighted by Gasteiger charge is -2.35. The zero-order chi connectivity index (χ0) is 17.8. The van der Waals surface area contributed by atoms with Crippen LogP contribution in [0.1, 0.15) is 55.3 Å². The Hall–Kier alpha value is -1.98. The maximum Gasteiger partial charge on any atom is 0.254 e. The van der Waals surface area contributed by atoms with E-state index in [-0.39, 0.29) is 23.4 Å². The van der Waals surface area contributed by atoms with E-state index in [0.717, 1.165) is 43.9 Å². The smallest absolute Gasteiger partial charge is 0.254 e. The molecular weight excluding hydrogens is 326 g/mol. The number of nitrogens with one attached hydrogen (secondary N) is 1. The van der Waals surface area contributed by atoms with Crippen LogP contribution in [0.2, 0.25) is 0 Å². The van der Waals surface area contributed by atoms with Gasteiger partial charge in [0, 0.05) is 25.0 Å². The first-order valence-corrected chi connectivity index (χ1v) is 9.09. The van der Waals surface area contributed by atoms with Crippen LogP contribution >= 0.6 is 0 Å². The molecule has 6 heteroatoms. The average molecular weight is 350 g/mol. The molecule has 1 heterocycles. The maximum absolute atomic E-state index is 13.7. The summed E-state index contributed by atoms with van der Waals surface area (Å²) in [6, 6.07) is 2.73. The Kier molecular flexibility index (Phi) is 5.66. The van der Waals surface area contributed by atoms with Crippen molar-refractivity contribution >= 4 is 11.8 Å². The van der Waals surface area contributed by atoms with E-state index in [1.54, 1.807) is 0 Å². The molecule has 0 unspecified atom stereocenters. The predicted octanol–water partition coefficient (Wildman–Crippen LogP) is 3.27. The minimum atomic E-state index is -0.733. The first kappa shape index (κ1) is 17.8. The van der Waals surface area contributed by atoms with E-state index in [9.17, 15) is 18.4 Å². The van der Waals surface area contributed by atoms with Crippen molar-refractivity contribution in [3.63, 3.8) is 0 Å². The van der Waals surface area contributed by atoms with Crippen LogP contribution < -0.4 is 5.32 Å². The number of hydrogen-bond acceptors (Lipinski definition) is 2. The lowest BCUT2D eigenvalue weighted by atomic mass is 9.87. The van der Waals surface area contributed by atoms with Crippen molar-refractivity contribution < 1.29 is 18.4 Å². The fourth-order valence-corrected chi connectivity index (χ4v) is 3.79. The van der Waals surface area contributed by atoms with Gasteiger partial charge in [-0.1, -0.05) is 19.3 Å². The van der Waals surface area contributed by atoms with Gasteiger partial charge in [0.1, 0.15) is 11.6 Å². The molecule has 0 bridgehead atoms.